The minimum Gasteiger partial charge on any atom is -0.207 e. The van der Waals surface area contributed by atoms with Gasteiger partial charge in [0.25, 0.3) is 0 Å². The molecule has 0 aromatic heterocycles. The van der Waals surface area contributed by atoms with Gasteiger partial charge in [0.15, 0.2) is 0 Å². The first-order valence-electron chi connectivity index (χ1n) is 4.02. The maximum Gasteiger partial charge on any atom is 0.136 e. The SMILES string of the molecule is Fc1cc(F)c(C=CCCBr)c(F)c1. The molecule has 1 aromatic rings. The Morgan fingerprint density at radius 2 is 1.71 bits per heavy atom. The van der Waals surface area contributed by atoms with Crippen LogP contribution in [0.4, 0.5) is 13.2 Å². The molecule has 1 rings (SSSR count). The fourth-order valence-electron chi connectivity index (χ4n) is 0.977. The summed E-state index contributed by atoms with van der Waals surface area (Å²) in [6, 6.07) is 1.33. The smallest absolute Gasteiger partial charge is 0.136 e. The van der Waals surface area contributed by atoms with Crippen LogP contribution in [-0.2, 0) is 0 Å². The molecule has 0 saturated carbocycles. The fourth-order valence-corrected chi connectivity index (χ4v) is 1.24. The van der Waals surface area contributed by atoms with Gasteiger partial charge in [-0.05, 0) is 6.42 Å². The Balaban J connectivity index is 2.96. The molecule has 0 bridgehead atoms. The molecule has 0 saturated heterocycles. The van der Waals surface area contributed by atoms with E-state index in [0.717, 1.165) is 0 Å². The molecular formula is C10H8BrF3. The monoisotopic (exact) mass is 264 g/mol. The molecular weight excluding hydrogens is 257 g/mol. The second-order valence-corrected chi connectivity index (χ2v) is 3.46. The highest BCUT2D eigenvalue weighted by atomic mass is 79.9. The zero-order valence-corrected chi connectivity index (χ0v) is 8.82. The molecule has 0 heterocycles. The molecule has 4 heteroatoms. The zero-order chi connectivity index (χ0) is 10.6. The number of rotatable bonds is 3. The molecule has 0 aliphatic carbocycles. The highest BCUT2D eigenvalue weighted by Crippen LogP contribution is 2.16. The molecule has 1 aromatic carbocycles. The lowest BCUT2D eigenvalue weighted by atomic mass is 10.1. The first-order valence-corrected chi connectivity index (χ1v) is 5.14. The molecule has 0 aliphatic rings. The summed E-state index contributed by atoms with van der Waals surface area (Å²) in [6.45, 7) is 0. The van der Waals surface area contributed by atoms with Crippen LogP contribution in [0.1, 0.15) is 12.0 Å². The lowest BCUT2D eigenvalue weighted by molar-refractivity contribution is 0.540. The van der Waals surface area contributed by atoms with E-state index in [1.807, 2.05) is 0 Å². The molecule has 0 N–H and O–H groups in total. The third kappa shape index (κ3) is 2.87. The van der Waals surface area contributed by atoms with Gasteiger partial charge in [0.05, 0.1) is 0 Å². The average molecular weight is 265 g/mol. The molecule has 0 amide bonds. The lowest BCUT2D eigenvalue weighted by Crippen LogP contribution is -1.90. The van der Waals surface area contributed by atoms with Gasteiger partial charge >= 0.3 is 0 Å². The van der Waals surface area contributed by atoms with Crippen LogP contribution in [0, 0.1) is 17.5 Å². The van der Waals surface area contributed by atoms with Crippen LogP contribution in [0.2, 0.25) is 0 Å². The molecule has 0 nitrogen and oxygen atoms in total. The van der Waals surface area contributed by atoms with E-state index in [4.69, 9.17) is 0 Å². The molecule has 76 valence electrons. The Morgan fingerprint density at radius 3 is 2.21 bits per heavy atom. The van der Waals surface area contributed by atoms with Crippen molar-refractivity contribution in [2.45, 2.75) is 6.42 Å². The van der Waals surface area contributed by atoms with Gasteiger partial charge in [0.1, 0.15) is 17.5 Å². The molecule has 0 radical (unpaired) electrons. The minimum absolute atomic E-state index is 0.202. The van der Waals surface area contributed by atoms with Gasteiger partial charge in [-0.3, -0.25) is 0 Å². The summed E-state index contributed by atoms with van der Waals surface area (Å²) in [6.07, 6.45) is 3.59. The summed E-state index contributed by atoms with van der Waals surface area (Å²) < 4.78 is 38.5. The Labute approximate surface area is 88.6 Å². The number of halogens is 4. The number of benzene rings is 1. The van der Waals surface area contributed by atoms with Crippen molar-refractivity contribution in [1.29, 1.82) is 0 Å². The van der Waals surface area contributed by atoms with E-state index in [1.165, 1.54) is 6.08 Å². The normalized spacial score (nSPS) is 11.1. The summed E-state index contributed by atoms with van der Waals surface area (Å²) in [7, 11) is 0. The number of hydrogen-bond donors (Lipinski definition) is 0. The minimum atomic E-state index is -0.905. The standard InChI is InChI=1S/C10H8BrF3/c11-4-2-1-3-8-9(13)5-7(12)6-10(8)14/h1,3,5-6H,2,4H2. The molecule has 0 fully saturated rings. The highest BCUT2D eigenvalue weighted by molar-refractivity contribution is 9.09. The largest absolute Gasteiger partial charge is 0.207 e. The van der Waals surface area contributed by atoms with Gasteiger partial charge in [-0.15, -0.1) is 0 Å². The second-order valence-electron chi connectivity index (χ2n) is 2.66. The van der Waals surface area contributed by atoms with Crippen LogP contribution < -0.4 is 0 Å². The van der Waals surface area contributed by atoms with Crippen LogP contribution in [0.25, 0.3) is 6.08 Å². The number of hydrogen-bond acceptors (Lipinski definition) is 0. The maximum absolute atomic E-state index is 13.0. The van der Waals surface area contributed by atoms with Crippen molar-refractivity contribution in [3.63, 3.8) is 0 Å². The van der Waals surface area contributed by atoms with Crippen molar-refractivity contribution >= 4 is 22.0 Å². The summed E-state index contributed by atoms with van der Waals surface area (Å²) in [4.78, 5) is 0. The quantitative estimate of drug-likeness (QED) is 0.727. The maximum atomic E-state index is 13.0. The van der Waals surface area contributed by atoms with Crippen LogP contribution in [-0.4, -0.2) is 5.33 Å². The first-order chi connectivity index (χ1) is 6.65. The van der Waals surface area contributed by atoms with E-state index in [0.29, 0.717) is 23.9 Å². The van der Waals surface area contributed by atoms with Crippen molar-refractivity contribution in [3.05, 3.63) is 41.2 Å². The molecule has 14 heavy (non-hydrogen) atoms. The lowest BCUT2D eigenvalue weighted by Gasteiger charge is -1.99. The van der Waals surface area contributed by atoms with Crippen molar-refractivity contribution < 1.29 is 13.2 Å². The number of allylic oxidation sites excluding steroid dienone is 1. The average Bonchev–Trinajstić information content (AvgIpc) is 2.09. The highest BCUT2D eigenvalue weighted by Gasteiger charge is 2.07. The summed E-state index contributed by atoms with van der Waals surface area (Å²) >= 11 is 3.17. The molecule has 0 unspecified atom stereocenters. The predicted molar refractivity (Wildman–Crippen MR) is 53.8 cm³/mol. The van der Waals surface area contributed by atoms with Crippen LogP contribution in [0.5, 0.6) is 0 Å². The van der Waals surface area contributed by atoms with Crippen molar-refractivity contribution in [2.75, 3.05) is 5.33 Å². The Kier molecular flexibility index (Phi) is 4.20. The van der Waals surface area contributed by atoms with Gasteiger partial charge in [-0.1, -0.05) is 28.1 Å². The third-order valence-electron chi connectivity index (χ3n) is 1.60. The fraction of sp³-hybridized carbons (Fsp3) is 0.200. The van der Waals surface area contributed by atoms with Crippen LogP contribution in [0.15, 0.2) is 18.2 Å². The van der Waals surface area contributed by atoms with E-state index >= 15 is 0 Å². The van der Waals surface area contributed by atoms with E-state index in [9.17, 15) is 13.2 Å². The van der Waals surface area contributed by atoms with E-state index in [2.05, 4.69) is 15.9 Å². The Hall–Kier alpha value is -0.770. The van der Waals surface area contributed by atoms with Gasteiger partial charge < -0.3 is 0 Å². The van der Waals surface area contributed by atoms with Crippen molar-refractivity contribution in [1.82, 2.24) is 0 Å². The van der Waals surface area contributed by atoms with Crippen LogP contribution in [0.3, 0.4) is 0 Å². The summed E-state index contributed by atoms with van der Waals surface area (Å²) in [5.74, 6) is -2.67. The summed E-state index contributed by atoms with van der Waals surface area (Å²) in [5.41, 5.74) is -0.202. The topological polar surface area (TPSA) is 0 Å². The third-order valence-corrected chi connectivity index (χ3v) is 2.06. The Morgan fingerprint density at radius 1 is 1.14 bits per heavy atom. The van der Waals surface area contributed by atoms with Gasteiger partial charge in [-0.25, -0.2) is 13.2 Å². The van der Waals surface area contributed by atoms with Crippen molar-refractivity contribution in [3.8, 4) is 0 Å². The summed E-state index contributed by atoms with van der Waals surface area (Å²) in [5, 5.41) is 0.716. The first kappa shape index (κ1) is 11.3. The van der Waals surface area contributed by atoms with Gasteiger partial charge in [-0.2, -0.15) is 0 Å². The van der Waals surface area contributed by atoms with E-state index < -0.39 is 17.5 Å². The number of alkyl halides is 1. The molecule has 0 atom stereocenters. The molecule has 0 aliphatic heterocycles. The van der Waals surface area contributed by atoms with E-state index in [1.54, 1.807) is 6.08 Å². The second kappa shape index (κ2) is 5.20. The van der Waals surface area contributed by atoms with E-state index in [-0.39, 0.29) is 5.56 Å². The predicted octanol–water partition coefficient (Wildman–Crippen LogP) is 3.90. The van der Waals surface area contributed by atoms with Crippen LogP contribution >= 0.6 is 15.9 Å². The van der Waals surface area contributed by atoms with Crippen molar-refractivity contribution in [2.24, 2.45) is 0 Å². The van der Waals surface area contributed by atoms with Gasteiger partial charge in [0.2, 0.25) is 0 Å². The molecule has 0 spiro atoms. The van der Waals surface area contributed by atoms with Gasteiger partial charge in [0, 0.05) is 23.0 Å². The zero-order valence-electron chi connectivity index (χ0n) is 7.24. The Bertz CT molecular complexity index is 324.